The maximum absolute atomic E-state index is 13.3. The lowest BCUT2D eigenvalue weighted by Gasteiger charge is -2.33. The van der Waals surface area contributed by atoms with E-state index in [1.807, 2.05) is 18.4 Å². The average molecular weight is 438 g/mol. The molecule has 0 spiro atoms. The van der Waals surface area contributed by atoms with Crippen molar-refractivity contribution in [2.45, 2.75) is 26.4 Å². The summed E-state index contributed by atoms with van der Waals surface area (Å²) in [7, 11) is 1.77. The summed E-state index contributed by atoms with van der Waals surface area (Å²) in [5, 5.41) is 13.7. The van der Waals surface area contributed by atoms with E-state index < -0.39 is 0 Å². The lowest BCUT2D eigenvalue weighted by atomic mass is 10.1. The fraction of sp³-hybridized carbons (Fsp3) is 0.300. The van der Waals surface area contributed by atoms with Crippen LogP contribution in [0.4, 0.5) is 4.39 Å². The fourth-order valence-electron chi connectivity index (χ4n) is 3.82. The van der Waals surface area contributed by atoms with E-state index in [4.69, 9.17) is 0 Å². The van der Waals surface area contributed by atoms with Crippen LogP contribution in [-0.4, -0.2) is 51.3 Å². The van der Waals surface area contributed by atoms with Gasteiger partial charge in [0.2, 0.25) is 0 Å². The van der Waals surface area contributed by atoms with Crippen molar-refractivity contribution < 1.29 is 9.18 Å². The summed E-state index contributed by atoms with van der Waals surface area (Å²) >= 11 is 1.29. The topological polar surface area (TPSA) is 94.6 Å². The van der Waals surface area contributed by atoms with Gasteiger partial charge in [-0.2, -0.15) is 9.47 Å². The van der Waals surface area contributed by atoms with Crippen LogP contribution < -0.4 is 0 Å². The molecule has 11 heteroatoms. The minimum Gasteiger partial charge on any atom is -0.325 e. The molecule has 0 saturated heterocycles. The Morgan fingerprint density at radius 3 is 2.68 bits per heavy atom. The summed E-state index contributed by atoms with van der Waals surface area (Å²) in [5.41, 5.74) is 1.87. The summed E-state index contributed by atoms with van der Waals surface area (Å²) in [6, 6.07) is 7.58. The first-order chi connectivity index (χ1) is 14.9. The van der Waals surface area contributed by atoms with Crippen LogP contribution in [0, 0.1) is 12.7 Å². The highest BCUT2D eigenvalue weighted by atomic mass is 32.1. The summed E-state index contributed by atoms with van der Waals surface area (Å²) in [5.74, 6) is 1.59. The number of aromatic nitrogens is 7. The molecular weight excluding hydrogens is 419 g/mol. The Kier molecular flexibility index (Phi) is 4.62. The molecule has 1 aliphatic rings. The number of carbonyl (C=O) groups excluding carboxylic acids is 1. The van der Waals surface area contributed by atoms with Crippen LogP contribution in [0.5, 0.6) is 0 Å². The molecule has 0 aliphatic carbocycles. The van der Waals surface area contributed by atoms with Crippen molar-refractivity contribution in [3.8, 4) is 22.1 Å². The number of hydrogen-bond acceptors (Lipinski definition) is 7. The number of aryl methyl sites for hydroxylation is 2. The van der Waals surface area contributed by atoms with Gasteiger partial charge in [0.15, 0.2) is 22.4 Å². The Morgan fingerprint density at radius 2 is 1.97 bits per heavy atom. The fourth-order valence-corrected chi connectivity index (χ4v) is 4.48. The first kappa shape index (κ1) is 19.5. The van der Waals surface area contributed by atoms with Crippen molar-refractivity contribution in [3.05, 3.63) is 53.5 Å². The molecule has 1 amide bonds. The van der Waals surface area contributed by atoms with Crippen LogP contribution in [0.2, 0.25) is 0 Å². The van der Waals surface area contributed by atoms with Gasteiger partial charge in [0, 0.05) is 20.1 Å². The second-order valence-electron chi connectivity index (χ2n) is 7.40. The van der Waals surface area contributed by atoms with Crippen LogP contribution in [0.25, 0.3) is 22.1 Å². The molecule has 31 heavy (non-hydrogen) atoms. The Labute approximate surface area is 181 Å². The number of amides is 1. The lowest BCUT2D eigenvalue weighted by molar-refractivity contribution is 0.0631. The SMILES string of the molecule is Cc1nsc(-c2nnc3n2CCN(C(=O)c2cc(-c4ccc(F)cc4)n(C)n2)[C@@H]3C)n1. The van der Waals surface area contributed by atoms with Gasteiger partial charge in [-0.3, -0.25) is 9.48 Å². The first-order valence-corrected chi connectivity index (χ1v) is 10.5. The third-order valence-corrected chi connectivity index (χ3v) is 6.21. The Bertz CT molecular complexity index is 1270. The van der Waals surface area contributed by atoms with Crippen molar-refractivity contribution in [2.75, 3.05) is 6.54 Å². The van der Waals surface area contributed by atoms with Gasteiger partial charge < -0.3 is 9.47 Å². The van der Waals surface area contributed by atoms with Crippen LogP contribution in [0.1, 0.15) is 35.1 Å². The van der Waals surface area contributed by atoms with E-state index in [2.05, 4.69) is 24.7 Å². The van der Waals surface area contributed by atoms with Gasteiger partial charge in [-0.25, -0.2) is 9.37 Å². The highest BCUT2D eigenvalue weighted by Crippen LogP contribution is 2.30. The van der Waals surface area contributed by atoms with Crippen molar-refractivity contribution in [1.82, 2.24) is 38.8 Å². The smallest absolute Gasteiger partial charge is 0.275 e. The maximum atomic E-state index is 13.3. The first-order valence-electron chi connectivity index (χ1n) is 9.77. The largest absolute Gasteiger partial charge is 0.325 e. The van der Waals surface area contributed by atoms with Gasteiger partial charge >= 0.3 is 0 Å². The number of rotatable bonds is 3. The van der Waals surface area contributed by atoms with Gasteiger partial charge in [-0.15, -0.1) is 10.2 Å². The van der Waals surface area contributed by atoms with Crippen LogP contribution in [0.15, 0.2) is 30.3 Å². The predicted octanol–water partition coefficient (Wildman–Crippen LogP) is 2.86. The molecule has 5 rings (SSSR count). The molecule has 1 atom stereocenters. The summed E-state index contributed by atoms with van der Waals surface area (Å²) in [6.07, 6.45) is 0. The zero-order chi connectivity index (χ0) is 21.7. The Balaban J connectivity index is 1.42. The molecule has 3 aromatic heterocycles. The molecule has 158 valence electrons. The molecule has 1 aliphatic heterocycles. The van der Waals surface area contributed by atoms with Crippen LogP contribution in [-0.2, 0) is 13.6 Å². The summed E-state index contributed by atoms with van der Waals surface area (Å²) < 4.78 is 21.1. The van der Waals surface area contributed by atoms with E-state index in [1.165, 1.54) is 23.7 Å². The van der Waals surface area contributed by atoms with E-state index in [0.717, 1.165) is 16.3 Å². The lowest BCUT2D eigenvalue weighted by Crippen LogP contribution is -2.41. The minimum atomic E-state index is -0.309. The van der Waals surface area contributed by atoms with E-state index in [1.54, 1.807) is 34.8 Å². The molecule has 0 unspecified atom stereocenters. The molecule has 4 aromatic rings. The number of nitrogens with zero attached hydrogens (tertiary/aromatic N) is 8. The van der Waals surface area contributed by atoms with Gasteiger partial charge in [0.25, 0.3) is 5.91 Å². The second-order valence-corrected chi connectivity index (χ2v) is 8.15. The molecule has 1 aromatic carbocycles. The van der Waals surface area contributed by atoms with Gasteiger partial charge in [0.1, 0.15) is 11.6 Å². The normalized spacial score (nSPS) is 15.9. The molecule has 9 nitrogen and oxygen atoms in total. The Hall–Kier alpha value is -3.47. The number of hydrogen-bond donors (Lipinski definition) is 0. The van der Waals surface area contributed by atoms with Gasteiger partial charge in [-0.05, 0) is 61.3 Å². The number of benzene rings is 1. The van der Waals surface area contributed by atoms with Crippen molar-refractivity contribution in [1.29, 1.82) is 0 Å². The maximum Gasteiger partial charge on any atom is 0.275 e. The van der Waals surface area contributed by atoms with E-state index in [0.29, 0.717) is 36.3 Å². The zero-order valence-electron chi connectivity index (χ0n) is 17.2. The number of halogens is 1. The van der Waals surface area contributed by atoms with E-state index in [-0.39, 0.29) is 17.8 Å². The zero-order valence-corrected chi connectivity index (χ0v) is 18.0. The molecule has 0 fully saturated rings. The summed E-state index contributed by atoms with van der Waals surface area (Å²) in [6.45, 7) is 4.82. The van der Waals surface area contributed by atoms with Gasteiger partial charge in [-0.1, -0.05) is 0 Å². The quantitative estimate of drug-likeness (QED) is 0.488. The molecule has 0 N–H and O–H groups in total. The molecule has 4 heterocycles. The third kappa shape index (κ3) is 3.30. The molecular formula is C20H19FN8OS. The van der Waals surface area contributed by atoms with E-state index in [9.17, 15) is 9.18 Å². The van der Waals surface area contributed by atoms with E-state index >= 15 is 0 Å². The highest BCUT2D eigenvalue weighted by molar-refractivity contribution is 7.09. The minimum absolute atomic E-state index is 0.181. The van der Waals surface area contributed by atoms with Crippen LogP contribution in [0.3, 0.4) is 0 Å². The molecule has 0 saturated carbocycles. The average Bonchev–Trinajstić information content (AvgIpc) is 3.47. The standard InChI is InChI=1S/C20H19FN8OS/c1-11-17-23-24-18(19-22-12(2)26-31-19)29(17)9-8-28(11)20(30)15-10-16(27(3)25-15)13-4-6-14(21)7-5-13/h4-7,10-11H,8-9H2,1-3H3/t11-/m1/s1. The Morgan fingerprint density at radius 1 is 1.19 bits per heavy atom. The number of carbonyl (C=O) groups is 1. The third-order valence-electron chi connectivity index (χ3n) is 5.40. The van der Waals surface area contributed by atoms with Gasteiger partial charge in [0.05, 0.1) is 11.7 Å². The predicted molar refractivity (Wildman–Crippen MR) is 112 cm³/mol. The number of fused-ring (bicyclic) bond motifs is 1. The molecule has 0 bridgehead atoms. The van der Waals surface area contributed by atoms with Crippen molar-refractivity contribution in [2.24, 2.45) is 7.05 Å². The highest BCUT2D eigenvalue weighted by Gasteiger charge is 2.33. The second kappa shape index (κ2) is 7.34. The monoisotopic (exact) mass is 438 g/mol. The van der Waals surface area contributed by atoms with Crippen molar-refractivity contribution >= 4 is 17.4 Å². The van der Waals surface area contributed by atoms with Crippen molar-refractivity contribution in [3.63, 3.8) is 0 Å². The summed E-state index contributed by atoms with van der Waals surface area (Å²) in [4.78, 5) is 19.4. The van der Waals surface area contributed by atoms with Crippen LogP contribution >= 0.6 is 11.5 Å². The molecule has 0 radical (unpaired) electrons.